The fourth-order valence-corrected chi connectivity index (χ4v) is 3.36. The van der Waals surface area contributed by atoms with E-state index in [1.807, 2.05) is 0 Å². The highest BCUT2D eigenvalue weighted by atomic mass is 32.2. The molecule has 2 aromatic rings. The molecule has 27 heavy (non-hydrogen) atoms. The van der Waals surface area contributed by atoms with E-state index < -0.39 is 16.1 Å². The van der Waals surface area contributed by atoms with E-state index >= 15 is 0 Å². The number of nitrogens with one attached hydrogen (secondary N) is 3. The second kappa shape index (κ2) is 8.28. The number of benzene rings is 2. The molecule has 3 rings (SSSR count). The Labute approximate surface area is 157 Å². The lowest BCUT2D eigenvalue weighted by molar-refractivity contribution is 0.174. The number of aryl methyl sites for hydroxylation is 1. The number of carbonyl (C=O) groups excluding carboxylic acids is 1. The third-order valence-corrected chi connectivity index (χ3v) is 5.25. The van der Waals surface area contributed by atoms with Gasteiger partial charge in [0.15, 0.2) is 11.5 Å². The molecule has 1 aliphatic heterocycles. The fraction of sp³-hybridized carbons (Fsp3) is 0.278. The van der Waals surface area contributed by atoms with Crippen molar-refractivity contribution in [3.8, 4) is 11.5 Å². The molecule has 1 aliphatic rings. The van der Waals surface area contributed by atoms with Crippen LogP contribution in [0.1, 0.15) is 25.3 Å². The molecule has 8 nitrogen and oxygen atoms in total. The first-order valence-electron chi connectivity index (χ1n) is 8.55. The van der Waals surface area contributed by atoms with Gasteiger partial charge >= 0.3 is 6.03 Å². The van der Waals surface area contributed by atoms with Gasteiger partial charge in [-0.05, 0) is 42.7 Å². The number of unbranched alkanes of at least 4 members (excludes halogenated alkanes) is 1. The number of hydrogen-bond acceptors (Lipinski definition) is 5. The number of amides is 2. The van der Waals surface area contributed by atoms with E-state index in [9.17, 15) is 13.2 Å². The van der Waals surface area contributed by atoms with Gasteiger partial charge in [0.05, 0.1) is 4.90 Å². The third kappa shape index (κ3) is 4.89. The molecule has 0 bridgehead atoms. The summed E-state index contributed by atoms with van der Waals surface area (Å²) in [4.78, 5) is 14.1. The quantitative estimate of drug-likeness (QED) is 0.630. The molecule has 9 heteroatoms. The average molecular weight is 391 g/mol. The summed E-state index contributed by atoms with van der Waals surface area (Å²) in [6.45, 7) is 2.23. The summed E-state index contributed by atoms with van der Waals surface area (Å²) in [5.74, 6) is 1.10. The van der Waals surface area contributed by atoms with Crippen LogP contribution in [0.25, 0.3) is 0 Å². The van der Waals surface area contributed by atoms with Crippen LogP contribution in [0.2, 0.25) is 0 Å². The topological polar surface area (TPSA) is 106 Å². The van der Waals surface area contributed by atoms with Gasteiger partial charge in [-0.1, -0.05) is 25.5 Å². The summed E-state index contributed by atoms with van der Waals surface area (Å²) < 4.78 is 35.0. The standard InChI is InChI=1S/C18H21N3O5S/c1-2-3-4-13-5-8-15(9-6-13)27(23,24)21-20-18(22)19-14-7-10-16-17(11-14)26-12-25-16/h5-11,21H,2-4,12H2,1H3,(H2,19,20,22). The maximum Gasteiger partial charge on any atom is 0.334 e. The number of fused-ring (bicyclic) bond motifs is 1. The Morgan fingerprint density at radius 2 is 1.81 bits per heavy atom. The number of ether oxygens (including phenoxy) is 2. The van der Waals surface area contributed by atoms with Crippen molar-refractivity contribution in [2.24, 2.45) is 0 Å². The Hall–Kier alpha value is -2.78. The van der Waals surface area contributed by atoms with Gasteiger partial charge < -0.3 is 14.8 Å². The summed E-state index contributed by atoms with van der Waals surface area (Å²) in [7, 11) is -3.86. The lowest BCUT2D eigenvalue weighted by Crippen LogP contribution is -2.43. The summed E-state index contributed by atoms with van der Waals surface area (Å²) in [6.07, 6.45) is 3.02. The second-order valence-electron chi connectivity index (χ2n) is 6.00. The van der Waals surface area contributed by atoms with Crippen molar-refractivity contribution in [2.75, 3.05) is 12.1 Å². The minimum Gasteiger partial charge on any atom is -0.454 e. The van der Waals surface area contributed by atoms with Crippen LogP contribution in [0.15, 0.2) is 47.4 Å². The molecule has 0 fully saturated rings. The Balaban J connectivity index is 1.55. The van der Waals surface area contributed by atoms with E-state index in [1.54, 1.807) is 30.3 Å². The molecule has 0 saturated heterocycles. The van der Waals surface area contributed by atoms with Gasteiger partial charge in [0.25, 0.3) is 10.0 Å². The minimum atomic E-state index is -3.86. The van der Waals surface area contributed by atoms with Crippen molar-refractivity contribution in [1.29, 1.82) is 0 Å². The van der Waals surface area contributed by atoms with E-state index in [0.29, 0.717) is 17.2 Å². The van der Waals surface area contributed by atoms with Crippen LogP contribution >= 0.6 is 0 Å². The Morgan fingerprint density at radius 3 is 2.56 bits per heavy atom. The van der Waals surface area contributed by atoms with E-state index in [4.69, 9.17) is 9.47 Å². The van der Waals surface area contributed by atoms with Crippen LogP contribution in [0.4, 0.5) is 10.5 Å². The lowest BCUT2D eigenvalue weighted by Gasteiger charge is -2.10. The number of urea groups is 1. The highest BCUT2D eigenvalue weighted by molar-refractivity contribution is 7.89. The zero-order valence-electron chi connectivity index (χ0n) is 14.8. The van der Waals surface area contributed by atoms with Crippen LogP contribution in [0.3, 0.4) is 0 Å². The van der Waals surface area contributed by atoms with Crippen LogP contribution < -0.4 is 25.0 Å². The molecule has 0 atom stereocenters. The smallest absolute Gasteiger partial charge is 0.334 e. The van der Waals surface area contributed by atoms with E-state index in [1.165, 1.54) is 12.1 Å². The maximum absolute atomic E-state index is 12.3. The van der Waals surface area contributed by atoms with Gasteiger partial charge in [0.2, 0.25) is 6.79 Å². The average Bonchev–Trinajstić information content (AvgIpc) is 3.13. The minimum absolute atomic E-state index is 0.0751. The Kier molecular flexibility index (Phi) is 5.82. The van der Waals surface area contributed by atoms with Gasteiger partial charge in [-0.2, -0.15) is 0 Å². The van der Waals surface area contributed by atoms with Gasteiger partial charge in [-0.25, -0.2) is 13.2 Å². The molecule has 2 amide bonds. The molecule has 144 valence electrons. The first kappa shape index (κ1) is 19.0. The number of hydrogen-bond donors (Lipinski definition) is 3. The van der Waals surface area contributed by atoms with Crippen molar-refractivity contribution in [3.05, 3.63) is 48.0 Å². The summed E-state index contributed by atoms with van der Waals surface area (Å²) in [5, 5.41) is 2.52. The highest BCUT2D eigenvalue weighted by Crippen LogP contribution is 2.34. The molecular weight excluding hydrogens is 370 g/mol. The van der Waals surface area contributed by atoms with Crippen molar-refractivity contribution < 1.29 is 22.7 Å². The van der Waals surface area contributed by atoms with Gasteiger partial charge in [-0.15, -0.1) is 4.83 Å². The predicted molar refractivity (Wildman–Crippen MR) is 100 cm³/mol. The van der Waals surface area contributed by atoms with Crippen molar-refractivity contribution in [3.63, 3.8) is 0 Å². The van der Waals surface area contributed by atoms with Crippen molar-refractivity contribution >= 4 is 21.7 Å². The third-order valence-electron chi connectivity index (χ3n) is 3.98. The van der Waals surface area contributed by atoms with Crippen molar-refractivity contribution in [1.82, 2.24) is 10.3 Å². The largest absolute Gasteiger partial charge is 0.454 e. The molecule has 0 aromatic heterocycles. The summed E-state index contributed by atoms with van der Waals surface area (Å²) in [5.41, 5.74) is 3.64. The maximum atomic E-state index is 12.3. The Bertz CT molecular complexity index is 913. The molecule has 3 N–H and O–H groups in total. The monoisotopic (exact) mass is 391 g/mol. The van der Waals surface area contributed by atoms with Gasteiger partial charge in [0, 0.05) is 11.8 Å². The van der Waals surface area contributed by atoms with Crippen LogP contribution in [-0.2, 0) is 16.4 Å². The fourth-order valence-electron chi connectivity index (χ4n) is 2.53. The van der Waals surface area contributed by atoms with Crippen LogP contribution in [-0.4, -0.2) is 21.2 Å². The van der Waals surface area contributed by atoms with Gasteiger partial charge in [0.1, 0.15) is 0 Å². The molecule has 0 spiro atoms. The first-order chi connectivity index (χ1) is 13.0. The van der Waals surface area contributed by atoms with E-state index in [2.05, 4.69) is 22.5 Å². The number of anilines is 1. The molecular formula is C18H21N3O5S. The summed E-state index contributed by atoms with van der Waals surface area (Å²) >= 11 is 0. The molecule has 2 aromatic carbocycles. The number of hydrazine groups is 1. The molecule has 0 saturated carbocycles. The van der Waals surface area contributed by atoms with Gasteiger partial charge in [-0.3, -0.25) is 5.43 Å². The molecule has 0 unspecified atom stereocenters. The number of carbonyl (C=O) groups is 1. The second-order valence-corrected chi connectivity index (χ2v) is 7.68. The van der Waals surface area contributed by atoms with Crippen LogP contribution in [0, 0.1) is 0 Å². The number of rotatable bonds is 7. The van der Waals surface area contributed by atoms with Crippen LogP contribution in [0.5, 0.6) is 11.5 Å². The SMILES string of the molecule is CCCCc1ccc(S(=O)(=O)NNC(=O)Nc2ccc3c(c2)OCO3)cc1. The molecule has 1 heterocycles. The first-order valence-corrected chi connectivity index (χ1v) is 10.0. The van der Waals surface area contributed by atoms with E-state index in [-0.39, 0.29) is 11.7 Å². The Morgan fingerprint density at radius 1 is 1.07 bits per heavy atom. The molecule has 0 radical (unpaired) electrons. The number of sulfonamides is 1. The van der Waals surface area contributed by atoms with Crippen molar-refractivity contribution in [2.45, 2.75) is 31.1 Å². The zero-order chi connectivity index (χ0) is 19.3. The van der Waals surface area contributed by atoms with E-state index in [0.717, 1.165) is 24.8 Å². The zero-order valence-corrected chi connectivity index (χ0v) is 15.6. The summed E-state index contributed by atoms with van der Waals surface area (Å²) in [6, 6.07) is 10.7. The molecule has 0 aliphatic carbocycles. The highest BCUT2D eigenvalue weighted by Gasteiger charge is 2.17. The lowest BCUT2D eigenvalue weighted by atomic mass is 10.1. The normalized spacial score (nSPS) is 12.6. The predicted octanol–water partition coefficient (Wildman–Crippen LogP) is 2.77.